The number of thiophene rings is 1. The van der Waals surface area contributed by atoms with Gasteiger partial charge in [-0.15, -0.1) is 11.3 Å². The fraction of sp³-hybridized carbons (Fsp3) is 0.250. The Labute approximate surface area is 126 Å². The molecule has 0 bridgehead atoms. The van der Waals surface area contributed by atoms with Gasteiger partial charge in [0.25, 0.3) is 5.91 Å². The van der Waals surface area contributed by atoms with E-state index < -0.39 is 5.60 Å². The van der Waals surface area contributed by atoms with Gasteiger partial charge in [-0.3, -0.25) is 9.59 Å². The standard InChI is InChI=1S/C16H13NO3S/c1-17-12-6-3-2-5-10(12)16(15(17)19)11(9-14(18)20-16)13-7-4-8-21-13/h2-8,11H,9H2,1H3. The smallest absolute Gasteiger partial charge is 0.308 e. The minimum absolute atomic E-state index is 0.159. The normalized spacial score (nSPS) is 27.3. The van der Waals surface area contributed by atoms with Crippen molar-refractivity contribution in [2.75, 3.05) is 11.9 Å². The molecule has 3 heterocycles. The number of amides is 1. The Bertz CT molecular complexity index is 740. The molecule has 5 heteroatoms. The average molecular weight is 299 g/mol. The van der Waals surface area contributed by atoms with Crippen LogP contribution in [-0.2, 0) is 19.9 Å². The van der Waals surface area contributed by atoms with Gasteiger partial charge in [-0.1, -0.05) is 24.3 Å². The van der Waals surface area contributed by atoms with Crippen LogP contribution in [0.3, 0.4) is 0 Å². The third kappa shape index (κ3) is 1.49. The predicted molar refractivity (Wildman–Crippen MR) is 79.3 cm³/mol. The summed E-state index contributed by atoms with van der Waals surface area (Å²) in [6, 6.07) is 11.4. The lowest BCUT2D eigenvalue weighted by atomic mass is 9.81. The number of fused-ring (bicyclic) bond motifs is 2. The van der Waals surface area contributed by atoms with Crippen molar-refractivity contribution >= 4 is 28.9 Å². The molecule has 1 spiro atoms. The van der Waals surface area contributed by atoms with E-state index in [1.54, 1.807) is 23.3 Å². The summed E-state index contributed by atoms with van der Waals surface area (Å²) in [6.45, 7) is 0. The third-order valence-corrected chi connectivity index (χ3v) is 5.30. The number of carbonyl (C=O) groups excluding carboxylic acids is 2. The fourth-order valence-corrected chi connectivity index (χ4v) is 4.27. The number of rotatable bonds is 1. The molecule has 0 radical (unpaired) electrons. The first-order chi connectivity index (χ1) is 10.1. The van der Waals surface area contributed by atoms with Gasteiger partial charge in [0.2, 0.25) is 5.60 Å². The van der Waals surface area contributed by atoms with E-state index in [2.05, 4.69) is 0 Å². The number of ether oxygens (including phenoxy) is 1. The highest BCUT2D eigenvalue weighted by Gasteiger charge is 2.62. The van der Waals surface area contributed by atoms with Crippen molar-refractivity contribution in [3.05, 3.63) is 52.2 Å². The van der Waals surface area contributed by atoms with Crippen molar-refractivity contribution in [1.82, 2.24) is 0 Å². The fourth-order valence-electron chi connectivity index (χ4n) is 3.38. The Morgan fingerprint density at radius 2 is 2.05 bits per heavy atom. The molecule has 0 N–H and O–H groups in total. The van der Waals surface area contributed by atoms with Gasteiger partial charge in [-0.05, 0) is 17.5 Å². The van der Waals surface area contributed by atoms with Crippen LogP contribution >= 0.6 is 11.3 Å². The number of esters is 1. The van der Waals surface area contributed by atoms with E-state index in [1.807, 2.05) is 41.8 Å². The molecule has 1 aromatic heterocycles. The van der Waals surface area contributed by atoms with Gasteiger partial charge in [0.1, 0.15) is 0 Å². The summed E-state index contributed by atoms with van der Waals surface area (Å²) in [5, 5.41) is 1.96. The number of hydrogen-bond donors (Lipinski definition) is 0. The number of hydrogen-bond acceptors (Lipinski definition) is 4. The van der Waals surface area contributed by atoms with E-state index in [0.717, 1.165) is 16.1 Å². The Kier molecular flexibility index (Phi) is 2.50. The minimum atomic E-state index is -1.19. The van der Waals surface area contributed by atoms with Gasteiger partial charge in [0, 0.05) is 17.5 Å². The zero-order chi connectivity index (χ0) is 14.6. The van der Waals surface area contributed by atoms with Gasteiger partial charge in [-0.2, -0.15) is 0 Å². The number of anilines is 1. The number of nitrogens with zero attached hydrogens (tertiary/aromatic N) is 1. The van der Waals surface area contributed by atoms with Gasteiger partial charge in [-0.25, -0.2) is 0 Å². The van der Waals surface area contributed by atoms with Crippen LogP contribution in [0.1, 0.15) is 22.8 Å². The average Bonchev–Trinajstić information content (AvgIpc) is 3.17. The number of benzene rings is 1. The maximum atomic E-state index is 12.9. The Morgan fingerprint density at radius 1 is 1.24 bits per heavy atom. The van der Waals surface area contributed by atoms with Gasteiger partial charge in [0.15, 0.2) is 0 Å². The lowest BCUT2D eigenvalue weighted by Crippen LogP contribution is -2.42. The summed E-state index contributed by atoms with van der Waals surface area (Å²) in [6.07, 6.45) is 0.244. The first kappa shape index (κ1) is 12.6. The molecule has 0 saturated carbocycles. The first-order valence-corrected chi connectivity index (χ1v) is 7.65. The Hall–Kier alpha value is -2.14. The van der Waals surface area contributed by atoms with Gasteiger partial charge < -0.3 is 9.64 Å². The quantitative estimate of drug-likeness (QED) is 0.761. The first-order valence-electron chi connectivity index (χ1n) is 6.77. The molecule has 21 heavy (non-hydrogen) atoms. The van der Waals surface area contributed by atoms with Crippen LogP contribution in [-0.4, -0.2) is 18.9 Å². The van der Waals surface area contributed by atoms with Crippen LogP contribution in [0.4, 0.5) is 5.69 Å². The van der Waals surface area contributed by atoms with Crippen molar-refractivity contribution < 1.29 is 14.3 Å². The summed E-state index contributed by atoms with van der Waals surface area (Å²) >= 11 is 1.56. The van der Waals surface area contributed by atoms with Crippen LogP contribution in [0.25, 0.3) is 0 Å². The van der Waals surface area contributed by atoms with Crippen molar-refractivity contribution in [3.63, 3.8) is 0 Å². The Morgan fingerprint density at radius 3 is 2.81 bits per heavy atom. The summed E-state index contributed by atoms with van der Waals surface area (Å²) in [7, 11) is 1.73. The second kappa shape index (κ2) is 4.18. The molecule has 0 aliphatic carbocycles. The molecule has 4 nitrogen and oxygen atoms in total. The van der Waals surface area contributed by atoms with E-state index >= 15 is 0 Å². The lowest BCUT2D eigenvalue weighted by molar-refractivity contribution is -0.157. The van der Waals surface area contributed by atoms with Crippen LogP contribution in [0, 0.1) is 0 Å². The second-order valence-corrected chi connectivity index (χ2v) is 6.34. The van der Waals surface area contributed by atoms with Crippen LogP contribution < -0.4 is 4.90 Å². The van der Waals surface area contributed by atoms with E-state index in [1.165, 1.54) is 0 Å². The van der Waals surface area contributed by atoms with E-state index in [4.69, 9.17) is 4.74 Å². The van der Waals surface area contributed by atoms with Crippen molar-refractivity contribution in [2.45, 2.75) is 17.9 Å². The molecule has 2 aromatic rings. The largest absolute Gasteiger partial charge is 0.443 e. The maximum absolute atomic E-state index is 12.9. The number of likely N-dealkylation sites (N-methyl/N-ethyl adjacent to an activating group) is 1. The molecular formula is C16H13NO3S. The van der Waals surface area contributed by atoms with Crippen molar-refractivity contribution in [3.8, 4) is 0 Å². The SMILES string of the molecule is CN1C(=O)C2(OC(=O)CC2c2cccs2)c2ccccc21. The highest BCUT2D eigenvalue weighted by Crippen LogP contribution is 2.55. The molecular weight excluding hydrogens is 286 g/mol. The molecule has 1 saturated heterocycles. The van der Waals surface area contributed by atoms with Gasteiger partial charge in [0.05, 0.1) is 18.0 Å². The predicted octanol–water partition coefficient (Wildman–Crippen LogP) is 2.65. The van der Waals surface area contributed by atoms with E-state index in [9.17, 15) is 9.59 Å². The molecule has 2 unspecified atom stereocenters. The van der Waals surface area contributed by atoms with Crippen molar-refractivity contribution in [1.29, 1.82) is 0 Å². The van der Waals surface area contributed by atoms with Gasteiger partial charge >= 0.3 is 5.97 Å². The second-order valence-electron chi connectivity index (χ2n) is 5.36. The monoisotopic (exact) mass is 299 g/mol. The zero-order valence-corrected chi connectivity index (χ0v) is 12.2. The number of carbonyl (C=O) groups is 2. The molecule has 4 rings (SSSR count). The summed E-state index contributed by atoms with van der Waals surface area (Å²) in [5.41, 5.74) is 0.424. The highest BCUT2D eigenvalue weighted by molar-refractivity contribution is 7.10. The van der Waals surface area contributed by atoms with Crippen LogP contribution in [0.2, 0.25) is 0 Å². The van der Waals surface area contributed by atoms with Crippen LogP contribution in [0.5, 0.6) is 0 Å². The minimum Gasteiger partial charge on any atom is -0.443 e. The molecule has 106 valence electrons. The topological polar surface area (TPSA) is 46.6 Å². The van der Waals surface area contributed by atoms with E-state index in [0.29, 0.717) is 0 Å². The molecule has 1 amide bonds. The molecule has 2 aliphatic heterocycles. The maximum Gasteiger partial charge on any atom is 0.308 e. The third-order valence-electron chi connectivity index (χ3n) is 4.31. The lowest BCUT2D eigenvalue weighted by Gasteiger charge is -2.27. The van der Waals surface area contributed by atoms with Crippen molar-refractivity contribution in [2.24, 2.45) is 0 Å². The molecule has 1 fully saturated rings. The summed E-state index contributed by atoms with van der Waals surface area (Å²) in [4.78, 5) is 27.5. The number of para-hydroxylation sites is 1. The van der Waals surface area contributed by atoms with E-state index in [-0.39, 0.29) is 24.2 Å². The molecule has 2 atom stereocenters. The van der Waals surface area contributed by atoms with Crippen LogP contribution in [0.15, 0.2) is 41.8 Å². The Balaban J connectivity index is 1.96. The molecule has 1 aromatic carbocycles. The summed E-state index contributed by atoms with van der Waals surface area (Å²) in [5.74, 6) is -0.719. The summed E-state index contributed by atoms with van der Waals surface area (Å²) < 4.78 is 5.63. The highest BCUT2D eigenvalue weighted by atomic mass is 32.1. The zero-order valence-electron chi connectivity index (χ0n) is 11.4. The molecule has 2 aliphatic rings.